The van der Waals surface area contributed by atoms with Crippen molar-refractivity contribution in [3.8, 4) is 0 Å². The standard InChI is InChI=1S/C15H19N3O2/c1-9-4-7-14(20-9)10(2)18-13-6-5-11(8-12(13)16)15(19)17-3/h4-8,10,18H,16H2,1-3H3,(H,17,19). The van der Waals surface area contributed by atoms with Gasteiger partial charge in [-0.3, -0.25) is 4.79 Å². The first-order chi connectivity index (χ1) is 9.51. The summed E-state index contributed by atoms with van der Waals surface area (Å²) < 4.78 is 5.57. The molecule has 4 N–H and O–H groups in total. The van der Waals surface area contributed by atoms with Crippen LogP contribution < -0.4 is 16.4 Å². The van der Waals surface area contributed by atoms with E-state index in [1.165, 1.54) is 0 Å². The van der Waals surface area contributed by atoms with Crippen molar-refractivity contribution in [1.82, 2.24) is 5.32 Å². The second-order valence-electron chi connectivity index (χ2n) is 4.70. The van der Waals surface area contributed by atoms with Crippen molar-refractivity contribution in [2.24, 2.45) is 0 Å². The summed E-state index contributed by atoms with van der Waals surface area (Å²) in [6, 6.07) is 9.04. The lowest BCUT2D eigenvalue weighted by Gasteiger charge is -2.15. The zero-order valence-corrected chi connectivity index (χ0v) is 11.9. The number of carbonyl (C=O) groups excluding carboxylic acids is 1. The number of nitrogens with two attached hydrogens (primary N) is 1. The Kier molecular flexibility index (Phi) is 3.98. The van der Waals surface area contributed by atoms with Crippen LogP contribution in [-0.4, -0.2) is 13.0 Å². The van der Waals surface area contributed by atoms with Gasteiger partial charge in [-0.2, -0.15) is 0 Å². The van der Waals surface area contributed by atoms with E-state index in [0.29, 0.717) is 11.3 Å². The van der Waals surface area contributed by atoms with Crippen LogP contribution in [0.5, 0.6) is 0 Å². The van der Waals surface area contributed by atoms with Gasteiger partial charge in [-0.1, -0.05) is 0 Å². The van der Waals surface area contributed by atoms with Gasteiger partial charge < -0.3 is 20.8 Å². The maximum absolute atomic E-state index is 11.5. The molecule has 1 unspecified atom stereocenters. The number of anilines is 2. The Balaban J connectivity index is 2.15. The number of nitrogens with one attached hydrogen (secondary N) is 2. The third-order valence-corrected chi connectivity index (χ3v) is 3.10. The quantitative estimate of drug-likeness (QED) is 0.748. The molecule has 2 aromatic rings. The summed E-state index contributed by atoms with van der Waals surface area (Å²) in [5.41, 5.74) is 7.82. The number of aryl methyl sites for hydroxylation is 1. The summed E-state index contributed by atoms with van der Waals surface area (Å²) in [5.74, 6) is 1.56. The number of nitrogen functional groups attached to an aromatic ring is 1. The molecule has 0 saturated heterocycles. The molecule has 0 aliphatic carbocycles. The van der Waals surface area contributed by atoms with E-state index >= 15 is 0 Å². The maximum atomic E-state index is 11.5. The van der Waals surface area contributed by atoms with Gasteiger partial charge in [0.15, 0.2) is 0 Å². The zero-order chi connectivity index (χ0) is 14.7. The van der Waals surface area contributed by atoms with E-state index in [4.69, 9.17) is 10.2 Å². The first kappa shape index (κ1) is 14.0. The molecule has 20 heavy (non-hydrogen) atoms. The number of furan rings is 1. The van der Waals surface area contributed by atoms with Crippen molar-refractivity contribution in [3.63, 3.8) is 0 Å². The van der Waals surface area contributed by atoms with Gasteiger partial charge in [-0.25, -0.2) is 0 Å². The monoisotopic (exact) mass is 273 g/mol. The summed E-state index contributed by atoms with van der Waals surface area (Å²) in [6.45, 7) is 3.90. The molecule has 1 atom stereocenters. The summed E-state index contributed by atoms with van der Waals surface area (Å²) in [4.78, 5) is 11.5. The highest BCUT2D eigenvalue weighted by molar-refractivity contribution is 5.95. The number of carbonyl (C=O) groups is 1. The molecule has 0 bridgehead atoms. The number of amides is 1. The predicted molar refractivity (Wildman–Crippen MR) is 79.7 cm³/mol. The molecule has 1 aromatic heterocycles. The fourth-order valence-electron chi connectivity index (χ4n) is 1.97. The molecule has 5 heteroatoms. The largest absolute Gasteiger partial charge is 0.464 e. The topological polar surface area (TPSA) is 80.3 Å². The molecule has 5 nitrogen and oxygen atoms in total. The normalized spacial score (nSPS) is 11.9. The van der Waals surface area contributed by atoms with Crippen molar-refractivity contribution in [3.05, 3.63) is 47.4 Å². The molecule has 0 fully saturated rings. The van der Waals surface area contributed by atoms with Crippen molar-refractivity contribution >= 4 is 17.3 Å². The van der Waals surface area contributed by atoms with Crippen LogP contribution in [0.4, 0.5) is 11.4 Å². The molecule has 0 spiro atoms. The second kappa shape index (κ2) is 5.69. The highest BCUT2D eigenvalue weighted by atomic mass is 16.3. The van der Waals surface area contributed by atoms with E-state index in [1.807, 2.05) is 26.0 Å². The van der Waals surface area contributed by atoms with Crippen LogP contribution in [-0.2, 0) is 0 Å². The Hall–Kier alpha value is -2.43. The highest BCUT2D eigenvalue weighted by Gasteiger charge is 2.12. The zero-order valence-electron chi connectivity index (χ0n) is 11.9. The van der Waals surface area contributed by atoms with E-state index in [2.05, 4.69) is 10.6 Å². The van der Waals surface area contributed by atoms with E-state index in [1.54, 1.807) is 25.2 Å². The lowest BCUT2D eigenvalue weighted by atomic mass is 10.1. The summed E-state index contributed by atoms with van der Waals surface area (Å²) in [7, 11) is 1.59. The molecule has 0 radical (unpaired) electrons. The second-order valence-corrected chi connectivity index (χ2v) is 4.70. The van der Waals surface area contributed by atoms with Crippen molar-refractivity contribution in [2.75, 3.05) is 18.1 Å². The van der Waals surface area contributed by atoms with Gasteiger partial charge in [-0.15, -0.1) is 0 Å². The van der Waals surface area contributed by atoms with E-state index in [9.17, 15) is 4.79 Å². The molecule has 0 aliphatic rings. The Bertz CT molecular complexity index is 619. The molecule has 1 aromatic carbocycles. The Morgan fingerprint density at radius 2 is 2.05 bits per heavy atom. The SMILES string of the molecule is CNC(=O)c1ccc(NC(C)c2ccc(C)o2)c(N)c1. The molecule has 0 aliphatic heterocycles. The van der Waals surface area contributed by atoms with E-state index < -0.39 is 0 Å². The van der Waals surface area contributed by atoms with Gasteiger partial charge in [0.05, 0.1) is 17.4 Å². The smallest absolute Gasteiger partial charge is 0.251 e. The van der Waals surface area contributed by atoms with Gasteiger partial charge in [0, 0.05) is 12.6 Å². The molecule has 1 heterocycles. The maximum Gasteiger partial charge on any atom is 0.251 e. The van der Waals surface area contributed by atoms with Crippen LogP contribution in [0.3, 0.4) is 0 Å². The van der Waals surface area contributed by atoms with Crippen LogP contribution in [0, 0.1) is 6.92 Å². The van der Waals surface area contributed by atoms with Crippen molar-refractivity contribution < 1.29 is 9.21 Å². The Labute approximate surface area is 118 Å². The number of rotatable bonds is 4. The van der Waals surface area contributed by atoms with Crippen LogP contribution in [0.15, 0.2) is 34.7 Å². The number of hydrogen-bond acceptors (Lipinski definition) is 4. The molecular weight excluding hydrogens is 254 g/mol. The fourth-order valence-corrected chi connectivity index (χ4v) is 1.97. The van der Waals surface area contributed by atoms with Crippen molar-refractivity contribution in [2.45, 2.75) is 19.9 Å². The molecular formula is C15H19N3O2. The first-order valence-electron chi connectivity index (χ1n) is 6.45. The minimum atomic E-state index is -0.155. The van der Waals surface area contributed by atoms with Gasteiger partial charge in [-0.05, 0) is 44.2 Å². The van der Waals surface area contributed by atoms with E-state index in [-0.39, 0.29) is 11.9 Å². The lowest BCUT2D eigenvalue weighted by Crippen LogP contribution is -2.18. The fraction of sp³-hybridized carbons (Fsp3) is 0.267. The van der Waals surface area contributed by atoms with Gasteiger partial charge in [0.25, 0.3) is 5.91 Å². The summed E-state index contributed by atoms with van der Waals surface area (Å²) in [6.07, 6.45) is 0. The van der Waals surface area contributed by atoms with Crippen LogP contribution in [0.1, 0.15) is 34.8 Å². The average Bonchev–Trinajstić information content (AvgIpc) is 2.86. The minimum Gasteiger partial charge on any atom is -0.464 e. The molecule has 2 rings (SSSR count). The third-order valence-electron chi connectivity index (χ3n) is 3.10. The van der Waals surface area contributed by atoms with E-state index in [0.717, 1.165) is 17.2 Å². The highest BCUT2D eigenvalue weighted by Crippen LogP contribution is 2.26. The van der Waals surface area contributed by atoms with Crippen LogP contribution in [0.25, 0.3) is 0 Å². The first-order valence-corrected chi connectivity index (χ1v) is 6.45. The predicted octanol–water partition coefficient (Wildman–Crippen LogP) is 2.70. The summed E-state index contributed by atoms with van der Waals surface area (Å²) in [5, 5.41) is 5.84. The number of hydrogen-bond donors (Lipinski definition) is 3. The molecule has 0 saturated carbocycles. The Morgan fingerprint density at radius 3 is 2.60 bits per heavy atom. The number of benzene rings is 1. The minimum absolute atomic E-state index is 0.00292. The summed E-state index contributed by atoms with van der Waals surface area (Å²) >= 11 is 0. The molecule has 1 amide bonds. The third kappa shape index (κ3) is 2.93. The van der Waals surface area contributed by atoms with Gasteiger partial charge >= 0.3 is 0 Å². The van der Waals surface area contributed by atoms with Crippen molar-refractivity contribution in [1.29, 1.82) is 0 Å². The van der Waals surface area contributed by atoms with Gasteiger partial charge in [0.2, 0.25) is 0 Å². The van der Waals surface area contributed by atoms with Gasteiger partial charge in [0.1, 0.15) is 11.5 Å². The van der Waals surface area contributed by atoms with Crippen LogP contribution in [0.2, 0.25) is 0 Å². The molecule has 106 valence electrons. The lowest BCUT2D eigenvalue weighted by molar-refractivity contribution is 0.0963. The van der Waals surface area contributed by atoms with Crippen LogP contribution >= 0.6 is 0 Å². The Morgan fingerprint density at radius 1 is 1.30 bits per heavy atom. The average molecular weight is 273 g/mol.